The second kappa shape index (κ2) is 7.78. The van der Waals surface area contributed by atoms with Crippen LogP contribution < -0.4 is 10.6 Å². The van der Waals surface area contributed by atoms with E-state index < -0.39 is 11.6 Å². The molecule has 0 aromatic heterocycles. The predicted molar refractivity (Wildman–Crippen MR) is 86.4 cm³/mol. The van der Waals surface area contributed by atoms with E-state index in [0.29, 0.717) is 30.5 Å². The van der Waals surface area contributed by atoms with Crippen molar-refractivity contribution >= 4 is 23.3 Å². The zero-order chi connectivity index (χ0) is 16.0. The molecule has 122 valence electrons. The minimum atomic E-state index is -1.00. The highest BCUT2D eigenvalue weighted by molar-refractivity contribution is 6.33. The number of halogens is 1. The normalized spacial score (nSPS) is 18.5. The fourth-order valence-electron chi connectivity index (χ4n) is 2.30. The molecule has 0 radical (unpaired) electrons. The van der Waals surface area contributed by atoms with Crippen LogP contribution in [-0.2, 0) is 4.74 Å². The second-order valence-electron chi connectivity index (χ2n) is 5.67. The fraction of sp³-hybridized carbons (Fsp3) is 0.533. The molecule has 2 amide bonds. The van der Waals surface area contributed by atoms with Gasteiger partial charge in [-0.25, -0.2) is 4.79 Å². The summed E-state index contributed by atoms with van der Waals surface area (Å²) in [4.78, 5) is 14.0. The van der Waals surface area contributed by atoms with Gasteiger partial charge < -0.3 is 20.5 Å². The van der Waals surface area contributed by atoms with Crippen LogP contribution in [0.15, 0.2) is 24.3 Å². The molecule has 3 N–H and O–H groups in total. The van der Waals surface area contributed by atoms with Crippen molar-refractivity contribution in [2.24, 2.45) is 0 Å². The SMILES string of the molecule is CC(O)(CNC(=O)Nc1ccccc1Cl)CN1CCOCC1. The van der Waals surface area contributed by atoms with Gasteiger partial charge in [0.15, 0.2) is 0 Å². The highest BCUT2D eigenvalue weighted by Crippen LogP contribution is 2.20. The van der Waals surface area contributed by atoms with Gasteiger partial charge in [-0.1, -0.05) is 23.7 Å². The first-order chi connectivity index (χ1) is 10.5. The van der Waals surface area contributed by atoms with Crippen molar-refractivity contribution in [2.75, 3.05) is 44.7 Å². The van der Waals surface area contributed by atoms with Crippen molar-refractivity contribution < 1.29 is 14.6 Å². The molecule has 6 nitrogen and oxygen atoms in total. The van der Waals surface area contributed by atoms with E-state index in [-0.39, 0.29) is 6.54 Å². The summed E-state index contributed by atoms with van der Waals surface area (Å²) < 4.78 is 5.27. The molecular weight excluding hydrogens is 306 g/mol. The Labute approximate surface area is 135 Å². The number of carbonyl (C=O) groups excluding carboxylic acids is 1. The lowest BCUT2D eigenvalue weighted by Crippen LogP contribution is -2.51. The molecule has 0 bridgehead atoms. The van der Waals surface area contributed by atoms with Gasteiger partial charge in [0.2, 0.25) is 0 Å². The van der Waals surface area contributed by atoms with Crippen molar-refractivity contribution in [2.45, 2.75) is 12.5 Å². The van der Waals surface area contributed by atoms with Crippen LogP contribution in [0, 0.1) is 0 Å². The Kier molecular flexibility index (Phi) is 6.02. The lowest BCUT2D eigenvalue weighted by molar-refractivity contribution is -0.0205. The van der Waals surface area contributed by atoms with E-state index in [1.54, 1.807) is 31.2 Å². The van der Waals surface area contributed by atoms with E-state index in [1.807, 2.05) is 0 Å². The maximum atomic E-state index is 11.9. The summed E-state index contributed by atoms with van der Waals surface area (Å²) in [5.41, 5.74) is -0.468. The molecule has 1 atom stereocenters. The summed E-state index contributed by atoms with van der Waals surface area (Å²) in [6, 6.07) is 6.60. The van der Waals surface area contributed by atoms with E-state index in [9.17, 15) is 9.90 Å². The minimum Gasteiger partial charge on any atom is -0.387 e. The first-order valence-corrected chi connectivity index (χ1v) is 7.66. The molecule has 1 aromatic carbocycles. The molecule has 7 heteroatoms. The number of nitrogens with one attached hydrogen (secondary N) is 2. The summed E-state index contributed by atoms with van der Waals surface area (Å²) in [7, 11) is 0. The van der Waals surface area contributed by atoms with Gasteiger partial charge in [0.25, 0.3) is 0 Å². The van der Waals surface area contributed by atoms with Gasteiger partial charge in [-0.05, 0) is 19.1 Å². The Morgan fingerprint density at radius 2 is 2.09 bits per heavy atom. The number of ether oxygens (including phenoxy) is 1. The molecule has 0 spiro atoms. The van der Waals surface area contributed by atoms with Crippen molar-refractivity contribution in [3.63, 3.8) is 0 Å². The summed E-state index contributed by atoms with van der Waals surface area (Å²) in [5, 5.41) is 16.2. The Bertz CT molecular complexity index is 505. The van der Waals surface area contributed by atoms with E-state index in [2.05, 4.69) is 15.5 Å². The molecule has 1 heterocycles. The van der Waals surface area contributed by atoms with Gasteiger partial charge in [-0.3, -0.25) is 4.90 Å². The molecule has 1 aromatic rings. The molecule has 22 heavy (non-hydrogen) atoms. The van der Waals surface area contributed by atoms with Crippen LogP contribution in [0.2, 0.25) is 5.02 Å². The van der Waals surface area contributed by atoms with Crippen molar-refractivity contribution in [3.05, 3.63) is 29.3 Å². The largest absolute Gasteiger partial charge is 0.387 e. The molecule has 2 rings (SSSR count). The third-order valence-electron chi connectivity index (χ3n) is 3.42. The topological polar surface area (TPSA) is 73.8 Å². The van der Waals surface area contributed by atoms with Crippen LogP contribution in [-0.4, -0.2) is 61.0 Å². The predicted octanol–water partition coefficient (Wildman–Crippen LogP) is 1.54. The number of rotatable bonds is 5. The van der Waals surface area contributed by atoms with Gasteiger partial charge in [0.05, 0.1) is 29.5 Å². The third-order valence-corrected chi connectivity index (χ3v) is 3.75. The van der Waals surface area contributed by atoms with Crippen molar-refractivity contribution in [3.8, 4) is 0 Å². The van der Waals surface area contributed by atoms with Crippen LogP contribution >= 0.6 is 11.6 Å². The highest BCUT2D eigenvalue weighted by atomic mass is 35.5. The Balaban J connectivity index is 1.78. The molecule has 1 aliphatic heterocycles. The van der Waals surface area contributed by atoms with Crippen LogP contribution in [0.3, 0.4) is 0 Å². The van der Waals surface area contributed by atoms with E-state index in [1.165, 1.54) is 0 Å². The first-order valence-electron chi connectivity index (χ1n) is 7.28. The average molecular weight is 328 g/mol. The number of para-hydroxylation sites is 1. The summed E-state index contributed by atoms with van der Waals surface area (Å²) in [6.45, 7) is 5.29. The number of benzene rings is 1. The van der Waals surface area contributed by atoms with Crippen molar-refractivity contribution in [1.29, 1.82) is 0 Å². The Hall–Kier alpha value is -1.34. The number of anilines is 1. The summed E-state index contributed by atoms with van der Waals surface area (Å²) in [6.07, 6.45) is 0. The maximum Gasteiger partial charge on any atom is 0.319 e. The average Bonchev–Trinajstić information content (AvgIpc) is 2.48. The zero-order valence-corrected chi connectivity index (χ0v) is 13.4. The Morgan fingerprint density at radius 1 is 1.41 bits per heavy atom. The van der Waals surface area contributed by atoms with Gasteiger partial charge >= 0.3 is 6.03 Å². The van der Waals surface area contributed by atoms with Gasteiger partial charge in [-0.2, -0.15) is 0 Å². The number of morpholine rings is 1. The quantitative estimate of drug-likeness (QED) is 0.767. The number of hydrogen-bond acceptors (Lipinski definition) is 4. The lowest BCUT2D eigenvalue weighted by atomic mass is 10.1. The summed E-state index contributed by atoms with van der Waals surface area (Å²) in [5.74, 6) is 0. The third kappa shape index (κ3) is 5.46. The molecular formula is C15H22ClN3O3. The maximum absolute atomic E-state index is 11.9. The molecule has 0 aliphatic carbocycles. The van der Waals surface area contributed by atoms with Crippen LogP contribution in [0.5, 0.6) is 0 Å². The van der Waals surface area contributed by atoms with Crippen LogP contribution in [0.1, 0.15) is 6.92 Å². The van der Waals surface area contributed by atoms with Gasteiger partial charge in [0.1, 0.15) is 0 Å². The molecule has 0 saturated carbocycles. The molecule has 1 fully saturated rings. The zero-order valence-electron chi connectivity index (χ0n) is 12.6. The van der Waals surface area contributed by atoms with Gasteiger partial charge in [-0.15, -0.1) is 0 Å². The highest BCUT2D eigenvalue weighted by Gasteiger charge is 2.25. The standard InChI is InChI=1S/C15H22ClN3O3/c1-15(21,11-19-6-8-22-9-7-19)10-17-14(20)18-13-5-3-2-4-12(13)16/h2-5,21H,6-11H2,1H3,(H2,17,18,20). The summed E-state index contributed by atoms with van der Waals surface area (Å²) >= 11 is 5.98. The van der Waals surface area contributed by atoms with Gasteiger partial charge in [0, 0.05) is 26.2 Å². The number of β-amino-alcohol motifs (C(OH)–C–C–N with tert-alkyl or cyclic N) is 1. The van der Waals surface area contributed by atoms with E-state index in [4.69, 9.17) is 16.3 Å². The number of urea groups is 1. The number of amides is 2. The minimum absolute atomic E-state index is 0.153. The van der Waals surface area contributed by atoms with E-state index >= 15 is 0 Å². The first kappa shape index (κ1) is 17.0. The van der Waals surface area contributed by atoms with Crippen LogP contribution in [0.4, 0.5) is 10.5 Å². The number of nitrogens with zero attached hydrogens (tertiary/aromatic N) is 1. The smallest absolute Gasteiger partial charge is 0.319 e. The number of carbonyl (C=O) groups is 1. The second-order valence-corrected chi connectivity index (χ2v) is 6.08. The van der Waals surface area contributed by atoms with Crippen molar-refractivity contribution in [1.82, 2.24) is 10.2 Å². The fourth-order valence-corrected chi connectivity index (χ4v) is 2.48. The lowest BCUT2D eigenvalue weighted by Gasteiger charge is -2.33. The number of hydrogen-bond donors (Lipinski definition) is 3. The molecule has 1 saturated heterocycles. The Morgan fingerprint density at radius 3 is 2.77 bits per heavy atom. The monoisotopic (exact) mass is 327 g/mol. The van der Waals surface area contributed by atoms with Crippen LogP contribution in [0.25, 0.3) is 0 Å². The number of aliphatic hydroxyl groups is 1. The van der Waals surface area contributed by atoms with E-state index in [0.717, 1.165) is 13.1 Å². The molecule has 1 unspecified atom stereocenters. The molecule has 1 aliphatic rings.